The molecule has 1 nitrogen and oxygen atoms in total. The maximum Gasteiger partial charge on any atom is 0.416 e. The summed E-state index contributed by atoms with van der Waals surface area (Å²) in [4.78, 5) is 4.27. The molecule has 0 saturated carbocycles. The van der Waals surface area contributed by atoms with E-state index >= 15 is 0 Å². The van der Waals surface area contributed by atoms with E-state index in [1.54, 1.807) is 6.07 Å². The van der Waals surface area contributed by atoms with Crippen molar-refractivity contribution in [2.75, 3.05) is 6.54 Å². The zero-order valence-electron chi connectivity index (χ0n) is 10.0. The number of hydrogen-bond acceptors (Lipinski definition) is 1. The van der Waals surface area contributed by atoms with E-state index in [0.29, 0.717) is 18.5 Å². The molecule has 0 spiro atoms. The zero-order chi connectivity index (χ0) is 12.9. The Balaban J connectivity index is 2.89. The highest BCUT2D eigenvalue weighted by Crippen LogP contribution is 2.29. The molecule has 1 aromatic rings. The summed E-state index contributed by atoms with van der Waals surface area (Å²) in [5.74, 6) is 0. The molecule has 0 aliphatic carbocycles. The number of benzene rings is 1. The van der Waals surface area contributed by atoms with Crippen molar-refractivity contribution in [3.05, 3.63) is 35.4 Å². The van der Waals surface area contributed by atoms with Crippen LogP contribution in [0.15, 0.2) is 29.3 Å². The van der Waals surface area contributed by atoms with Gasteiger partial charge in [-0.2, -0.15) is 13.2 Å². The van der Waals surface area contributed by atoms with Gasteiger partial charge in [-0.3, -0.25) is 4.99 Å². The van der Waals surface area contributed by atoms with E-state index < -0.39 is 11.7 Å². The van der Waals surface area contributed by atoms with Gasteiger partial charge in [-0.05, 0) is 25.0 Å². The lowest BCUT2D eigenvalue weighted by atomic mass is 10.0. The number of rotatable bonds is 4. The van der Waals surface area contributed by atoms with Crippen molar-refractivity contribution in [3.63, 3.8) is 0 Å². The Bertz CT molecular complexity index is 394. The van der Waals surface area contributed by atoms with Crippen molar-refractivity contribution >= 4 is 5.71 Å². The lowest BCUT2D eigenvalue weighted by Gasteiger charge is -2.09. The molecule has 0 radical (unpaired) electrons. The fraction of sp³-hybridized carbons (Fsp3) is 0.462. The summed E-state index contributed by atoms with van der Waals surface area (Å²) in [6.45, 7) is 4.55. The second-order valence-corrected chi connectivity index (χ2v) is 3.77. The third-order valence-electron chi connectivity index (χ3n) is 2.45. The van der Waals surface area contributed by atoms with Gasteiger partial charge in [0.05, 0.1) is 5.56 Å². The molecule has 0 aromatic heterocycles. The molecule has 0 unspecified atom stereocenters. The maximum atomic E-state index is 12.5. The third-order valence-corrected chi connectivity index (χ3v) is 2.45. The van der Waals surface area contributed by atoms with Gasteiger partial charge in [0.2, 0.25) is 0 Å². The Morgan fingerprint density at radius 2 is 1.94 bits per heavy atom. The minimum absolute atomic E-state index is 0.494. The van der Waals surface area contributed by atoms with E-state index in [0.717, 1.165) is 18.2 Å². The second-order valence-electron chi connectivity index (χ2n) is 3.77. The first-order chi connectivity index (χ1) is 7.97. The van der Waals surface area contributed by atoms with Crippen LogP contribution in [0, 0.1) is 0 Å². The molecule has 0 bridgehead atoms. The van der Waals surface area contributed by atoms with E-state index in [4.69, 9.17) is 0 Å². The van der Waals surface area contributed by atoms with E-state index in [-0.39, 0.29) is 0 Å². The van der Waals surface area contributed by atoms with Gasteiger partial charge < -0.3 is 0 Å². The highest BCUT2D eigenvalue weighted by molar-refractivity contribution is 5.86. The fourth-order valence-corrected chi connectivity index (χ4v) is 1.61. The highest BCUT2D eigenvalue weighted by Gasteiger charge is 2.30. The van der Waals surface area contributed by atoms with Crippen molar-refractivity contribution in [1.29, 1.82) is 0 Å². The molecule has 4 heteroatoms. The minimum atomic E-state index is -4.27. The van der Waals surface area contributed by atoms with Crippen LogP contribution in [0.4, 0.5) is 13.2 Å². The van der Waals surface area contributed by atoms with Crippen molar-refractivity contribution < 1.29 is 13.2 Å². The molecule has 0 amide bonds. The average molecular weight is 243 g/mol. The monoisotopic (exact) mass is 243 g/mol. The van der Waals surface area contributed by atoms with Crippen molar-refractivity contribution in [1.82, 2.24) is 0 Å². The predicted octanol–water partition coefficient (Wildman–Crippen LogP) is 4.12. The van der Waals surface area contributed by atoms with Gasteiger partial charge in [0.15, 0.2) is 0 Å². The molecule has 0 saturated heterocycles. The summed E-state index contributed by atoms with van der Waals surface area (Å²) in [6.07, 6.45) is -3.01. The standard InChI is InChI=1S/C13H16F3N/c1-3-12(17-4-2)9-10-6-5-7-11(8-10)13(14,15)16/h5-8H,3-4,9H2,1-2H3/b17-12+. The Hall–Kier alpha value is -1.32. The van der Waals surface area contributed by atoms with Crippen LogP contribution in [0.25, 0.3) is 0 Å². The molecule has 0 fully saturated rings. The predicted molar refractivity (Wildman–Crippen MR) is 63.4 cm³/mol. The van der Waals surface area contributed by atoms with Crippen molar-refractivity contribution in [2.45, 2.75) is 32.9 Å². The topological polar surface area (TPSA) is 12.4 Å². The number of nitrogens with zero attached hydrogens (tertiary/aromatic N) is 1. The van der Waals surface area contributed by atoms with E-state index in [1.165, 1.54) is 12.1 Å². The van der Waals surface area contributed by atoms with Gasteiger partial charge in [-0.25, -0.2) is 0 Å². The average Bonchev–Trinajstić information content (AvgIpc) is 2.28. The summed E-state index contributed by atoms with van der Waals surface area (Å²) >= 11 is 0. The molecule has 0 N–H and O–H groups in total. The smallest absolute Gasteiger partial charge is 0.294 e. The third kappa shape index (κ3) is 4.21. The first kappa shape index (κ1) is 13.7. The van der Waals surface area contributed by atoms with Crippen LogP contribution < -0.4 is 0 Å². The molecule has 0 aliphatic rings. The Labute approximate surface area is 99.4 Å². The van der Waals surface area contributed by atoms with Gasteiger partial charge in [0.1, 0.15) is 0 Å². The summed E-state index contributed by atoms with van der Waals surface area (Å²) in [5.41, 5.74) is 1.00. The maximum absolute atomic E-state index is 12.5. The number of aliphatic imine (C=N–C) groups is 1. The normalized spacial score (nSPS) is 12.9. The number of hydrogen-bond donors (Lipinski definition) is 0. The van der Waals surface area contributed by atoms with E-state index in [1.807, 2.05) is 13.8 Å². The van der Waals surface area contributed by atoms with Gasteiger partial charge in [-0.15, -0.1) is 0 Å². The summed E-state index contributed by atoms with van der Waals surface area (Å²) < 4.78 is 37.5. The molecular weight excluding hydrogens is 227 g/mol. The molecule has 0 heterocycles. The first-order valence-electron chi connectivity index (χ1n) is 5.65. The molecule has 0 atom stereocenters. The molecular formula is C13H16F3N. The zero-order valence-corrected chi connectivity index (χ0v) is 10.0. The summed E-state index contributed by atoms with van der Waals surface area (Å²) in [6, 6.07) is 5.43. The first-order valence-corrected chi connectivity index (χ1v) is 5.65. The Kier molecular flexibility index (Phi) is 4.73. The Morgan fingerprint density at radius 3 is 2.47 bits per heavy atom. The highest BCUT2D eigenvalue weighted by atomic mass is 19.4. The molecule has 1 rings (SSSR count). The van der Waals surface area contributed by atoms with Crippen molar-refractivity contribution in [2.24, 2.45) is 4.99 Å². The molecule has 1 aromatic carbocycles. The lowest BCUT2D eigenvalue weighted by molar-refractivity contribution is -0.137. The quantitative estimate of drug-likeness (QED) is 0.705. The second kappa shape index (κ2) is 5.84. The number of alkyl halides is 3. The van der Waals surface area contributed by atoms with Gasteiger partial charge in [0, 0.05) is 18.7 Å². The van der Waals surface area contributed by atoms with E-state index in [9.17, 15) is 13.2 Å². The van der Waals surface area contributed by atoms with Gasteiger partial charge >= 0.3 is 6.18 Å². The summed E-state index contributed by atoms with van der Waals surface area (Å²) in [7, 11) is 0. The molecule has 94 valence electrons. The SMILES string of the molecule is CC/N=C(\CC)Cc1cccc(C(F)(F)F)c1. The summed E-state index contributed by atoms with van der Waals surface area (Å²) in [5, 5.41) is 0. The number of halogens is 3. The van der Waals surface area contributed by atoms with E-state index in [2.05, 4.69) is 4.99 Å². The molecule has 0 aliphatic heterocycles. The van der Waals surface area contributed by atoms with Gasteiger partial charge in [-0.1, -0.05) is 25.1 Å². The lowest BCUT2D eigenvalue weighted by Crippen LogP contribution is -2.07. The minimum Gasteiger partial charge on any atom is -0.294 e. The van der Waals surface area contributed by atoms with Crippen molar-refractivity contribution in [3.8, 4) is 0 Å². The van der Waals surface area contributed by atoms with Crippen LogP contribution in [0.3, 0.4) is 0 Å². The molecule has 17 heavy (non-hydrogen) atoms. The van der Waals surface area contributed by atoms with Crippen LogP contribution in [0.1, 0.15) is 31.4 Å². The van der Waals surface area contributed by atoms with Crippen LogP contribution in [-0.2, 0) is 12.6 Å². The fourth-order valence-electron chi connectivity index (χ4n) is 1.61. The largest absolute Gasteiger partial charge is 0.416 e. The van der Waals surface area contributed by atoms with Crippen LogP contribution in [0.5, 0.6) is 0 Å². The van der Waals surface area contributed by atoms with Crippen LogP contribution >= 0.6 is 0 Å². The van der Waals surface area contributed by atoms with Gasteiger partial charge in [0.25, 0.3) is 0 Å². The van der Waals surface area contributed by atoms with Crippen LogP contribution in [-0.4, -0.2) is 12.3 Å². The Morgan fingerprint density at radius 1 is 1.24 bits per heavy atom. The van der Waals surface area contributed by atoms with Crippen LogP contribution in [0.2, 0.25) is 0 Å².